The number of carbonyl (C=O) groups excluding carboxylic acids is 1. The summed E-state index contributed by atoms with van der Waals surface area (Å²) in [6.45, 7) is 2.68. The number of halogens is 4. The first-order valence-corrected chi connectivity index (χ1v) is 7.56. The Bertz CT molecular complexity index is 735. The predicted octanol–water partition coefficient (Wildman–Crippen LogP) is 4.83. The highest BCUT2D eigenvalue weighted by atomic mass is 35.5. The summed E-state index contributed by atoms with van der Waals surface area (Å²) in [5.74, 6) is -0.685. The van der Waals surface area contributed by atoms with Gasteiger partial charge in [0.2, 0.25) is 0 Å². The number of alkyl halides is 3. The maximum atomic E-state index is 13.1. The number of benzene rings is 1. The zero-order chi connectivity index (χ0) is 17.7. The molecule has 0 radical (unpaired) electrons. The van der Waals surface area contributed by atoms with Crippen LogP contribution in [0.2, 0.25) is 5.02 Å². The number of amides is 1. The summed E-state index contributed by atoms with van der Waals surface area (Å²) in [5, 5.41) is 5.25. The molecule has 2 rings (SSSR count). The minimum absolute atomic E-state index is 0.0623. The monoisotopic (exact) mass is 357 g/mol. The van der Waals surface area contributed by atoms with E-state index in [0.29, 0.717) is 12.2 Å². The smallest absolute Gasteiger partial charge is 0.384 e. The number of pyridine rings is 1. The largest absolute Gasteiger partial charge is 0.418 e. The van der Waals surface area contributed by atoms with E-state index in [-0.39, 0.29) is 16.3 Å². The van der Waals surface area contributed by atoms with Crippen LogP contribution < -0.4 is 10.6 Å². The number of anilines is 2. The maximum absolute atomic E-state index is 13.1. The fourth-order valence-electron chi connectivity index (χ4n) is 1.98. The summed E-state index contributed by atoms with van der Waals surface area (Å²) < 4.78 is 39.2. The SMILES string of the molecule is CCCNc1cncc(C(=O)Nc2ccc(Cl)cc2C(F)(F)F)c1. The number of rotatable bonds is 5. The Kier molecular flexibility index (Phi) is 5.66. The maximum Gasteiger partial charge on any atom is 0.418 e. The summed E-state index contributed by atoms with van der Waals surface area (Å²) in [7, 11) is 0. The van der Waals surface area contributed by atoms with Crippen LogP contribution in [-0.2, 0) is 6.18 Å². The molecule has 0 bridgehead atoms. The zero-order valence-electron chi connectivity index (χ0n) is 12.7. The van der Waals surface area contributed by atoms with E-state index >= 15 is 0 Å². The first-order valence-electron chi connectivity index (χ1n) is 7.18. The van der Waals surface area contributed by atoms with Crippen molar-refractivity contribution in [3.63, 3.8) is 0 Å². The van der Waals surface area contributed by atoms with Crippen molar-refractivity contribution in [2.24, 2.45) is 0 Å². The van der Waals surface area contributed by atoms with Gasteiger partial charge in [0.05, 0.1) is 22.5 Å². The highest BCUT2D eigenvalue weighted by molar-refractivity contribution is 6.30. The topological polar surface area (TPSA) is 54.0 Å². The van der Waals surface area contributed by atoms with E-state index in [0.717, 1.165) is 18.6 Å². The molecule has 0 spiro atoms. The van der Waals surface area contributed by atoms with Crippen LogP contribution in [0, 0.1) is 0 Å². The molecule has 0 aliphatic carbocycles. The number of nitrogens with one attached hydrogen (secondary N) is 2. The van der Waals surface area contributed by atoms with Crippen LogP contribution in [0.3, 0.4) is 0 Å². The lowest BCUT2D eigenvalue weighted by atomic mass is 10.1. The van der Waals surface area contributed by atoms with Crippen LogP contribution in [-0.4, -0.2) is 17.4 Å². The van der Waals surface area contributed by atoms with Gasteiger partial charge in [-0.25, -0.2) is 0 Å². The molecule has 2 aromatic rings. The number of nitrogens with zero attached hydrogens (tertiary/aromatic N) is 1. The Hall–Kier alpha value is -2.28. The summed E-state index contributed by atoms with van der Waals surface area (Å²) in [6.07, 6.45) is -0.919. The van der Waals surface area contributed by atoms with E-state index in [2.05, 4.69) is 15.6 Å². The van der Waals surface area contributed by atoms with Crippen molar-refractivity contribution in [2.45, 2.75) is 19.5 Å². The molecule has 1 aromatic carbocycles. The second-order valence-electron chi connectivity index (χ2n) is 5.03. The lowest BCUT2D eigenvalue weighted by molar-refractivity contribution is -0.136. The van der Waals surface area contributed by atoms with Crippen molar-refractivity contribution in [3.05, 3.63) is 52.8 Å². The van der Waals surface area contributed by atoms with Crippen molar-refractivity contribution in [1.29, 1.82) is 0 Å². The van der Waals surface area contributed by atoms with Crippen molar-refractivity contribution in [3.8, 4) is 0 Å². The van der Waals surface area contributed by atoms with Gasteiger partial charge in [-0.2, -0.15) is 13.2 Å². The number of carbonyl (C=O) groups is 1. The van der Waals surface area contributed by atoms with E-state index in [1.54, 1.807) is 0 Å². The van der Waals surface area contributed by atoms with Crippen molar-refractivity contribution in [2.75, 3.05) is 17.2 Å². The Morgan fingerprint density at radius 1 is 1.25 bits per heavy atom. The Morgan fingerprint density at radius 3 is 2.67 bits per heavy atom. The van der Waals surface area contributed by atoms with Gasteiger partial charge in [0, 0.05) is 24.0 Å². The summed E-state index contributed by atoms with van der Waals surface area (Å²) >= 11 is 5.61. The first kappa shape index (κ1) is 18.1. The zero-order valence-corrected chi connectivity index (χ0v) is 13.5. The molecule has 0 fully saturated rings. The van der Waals surface area contributed by atoms with Crippen molar-refractivity contribution in [1.82, 2.24) is 4.98 Å². The second-order valence-corrected chi connectivity index (χ2v) is 5.47. The highest BCUT2D eigenvalue weighted by Gasteiger charge is 2.34. The first-order chi connectivity index (χ1) is 11.3. The predicted molar refractivity (Wildman–Crippen MR) is 87.4 cm³/mol. The Balaban J connectivity index is 2.24. The molecule has 1 amide bonds. The molecule has 2 N–H and O–H groups in total. The third-order valence-corrected chi connectivity index (χ3v) is 3.35. The van der Waals surface area contributed by atoms with Crippen LogP contribution in [0.4, 0.5) is 24.5 Å². The Morgan fingerprint density at radius 2 is 2.00 bits per heavy atom. The van der Waals surface area contributed by atoms with Crippen LogP contribution in [0.5, 0.6) is 0 Å². The minimum atomic E-state index is -4.63. The van der Waals surface area contributed by atoms with Gasteiger partial charge in [-0.05, 0) is 30.7 Å². The molecule has 1 heterocycles. The number of hydrogen-bond acceptors (Lipinski definition) is 3. The molecule has 8 heteroatoms. The van der Waals surface area contributed by atoms with Crippen LogP contribution in [0.1, 0.15) is 29.3 Å². The molecule has 0 saturated carbocycles. The lowest BCUT2D eigenvalue weighted by Crippen LogP contribution is -2.17. The van der Waals surface area contributed by atoms with Gasteiger partial charge in [-0.15, -0.1) is 0 Å². The highest BCUT2D eigenvalue weighted by Crippen LogP contribution is 2.36. The van der Waals surface area contributed by atoms with Gasteiger partial charge in [-0.1, -0.05) is 18.5 Å². The fraction of sp³-hybridized carbons (Fsp3) is 0.250. The fourth-order valence-corrected chi connectivity index (χ4v) is 2.16. The Labute approximate surface area is 142 Å². The third kappa shape index (κ3) is 4.61. The average Bonchev–Trinajstić information content (AvgIpc) is 2.54. The molecular weight excluding hydrogens is 343 g/mol. The van der Waals surface area contributed by atoms with Gasteiger partial charge in [-0.3, -0.25) is 9.78 Å². The van der Waals surface area contributed by atoms with Crippen LogP contribution >= 0.6 is 11.6 Å². The van der Waals surface area contributed by atoms with E-state index in [1.807, 2.05) is 6.92 Å². The summed E-state index contributed by atoms with van der Waals surface area (Å²) in [5.41, 5.74) is -0.587. The molecule has 0 aliphatic heterocycles. The van der Waals surface area contributed by atoms with Gasteiger partial charge < -0.3 is 10.6 Å². The summed E-state index contributed by atoms with van der Waals surface area (Å²) in [6, 6.07) is 4.70. The summed E-state index contributed by atoms with van der Waals surface area (Å²) in [4.78, 5) is 16.1. The van der Waals surface area contributed by atoms with E-state index in [1.165, 1.54) is 24.5 Å². The third-order valence-electron chi connectivity index (χ3n) is 3.11. The number of hydrogen-bond donors (Lipinski definition) is 2. The molecule has 1 aromatic heterocycles. The van der Waals surface area contributed by atoms with E-state index in [4.69, 9.17) is 11.6 Å². The van der Waals surface area contributed by atoms with Gasteiger partial charge in [0.15, 0.2) is 0 Å². The van der Waals surface area contributed by atoms with E-state index < -0.39 is 17.6 Å². The van der Waals surface area contributed by atoms with Crippen molar-refractivity contribution >= 4 is 28.9 Å². The molecule has 0 aliphatic rings. The average molecular weight is 358 g/mol. The lowest BCUT2D eigenvalue weighted by Gasteiger charge is -2.14. The molecule has 24 heavy (non-hydrogen) atoms. The van der Waals surface area contributed by atoms with Gasteiger partial charge in [0.1, 0.15) is 0 Å². The molecule has 0 saturated heterocycles. The minimum Gasteiger partial charge on any atom is -0.384 e. The second kappa shape index (κ2) is 7.53. The van der Waals surface area contributed by atoms with Crippen molar-refractivity contribution < 1.29 is 18.0 Å². The van der Waals surface area contributed by atoms with Crippen LogP contribution in [0.25, 0.3) is 0 Å². The molecular formula is C16H15ClF3N3O. The molecule has 128 valence electrons. The number of aromatic nitrogens is 1. The van der Waals surface area contributed by atoms with Gasteiger partial charge >= 0.3 is 6.18 Å². The molecule has 0 atom stereocenters. The van der Waals surface area contributed by atoms with Gasteiger partial charge in [0.25, 0.3) is 5.91 Å². The normalized spacial score (nSPS) is 11.2. The quantitative estimate of drug-likeness (QED) is 0.806. The van der Waals surface area contributed by atoms with E-state index in [9.17, 15) is 18.0 Å². The molecule has 0 unspecified atom stereocenters. The van der Waals surface area contributed by atoms with Crippen LogP contribution in [0.15, 0.2) is 36.7 Å². The molecule has 4 nitrogen and oxygen atoms in total. The standard InChI is InChI=1S/C16H15ClF3N3O/c1-2-5-22-12-6-10(8-21-9-12)15(24)23-14-4-3-11(17)7-13(14)16(18,19)20/h3-4,6-9,22H,2,5H2,1H3,(H,23,24).